The summed E-state index contributed by atoms with van der Waals surface area (Å²) >= 11 is 0. The largest absolute Gasteiger partial charge is 0.494 e. The van der Waals surface area contributed by atoms with E-state index in [4.69, 9.17) is 9.47 Å². The predicted octanol–water partition coefficient (Wildman–Crippen LogP) is 4.91. The summed E-state index contributed by atoms with van der Waals surface area (Å²) in [6.45, 7) is 0.00417. The number of carbonyl (C=O) groups excluding carboxylic acids is 3. The summed E-state index contributed by atoms with van der Waals surface area (Å²) in [5, 5.41) is 12.6. The maximum atomic E-state index is 13.5. The molecule has 1 heterocycles. The molecule has 0 aliphatic carbocycles. The second-order valence-electron chi connectivity index (χ2n) is 7.99. The number of imide groups is 1. The van der Waals surface area contributed by atoms with E-state index in [1.807, 2.05) is 30.3 Å². The van der Waals surface area contributed by atoms with Gasteiger partial charge in [0.1, 0.15) is 23.4 Å². The van der Waals surface area contributed by atoms with Gasteiger partial charge in [-0.15, -0.1) is 0 Å². The summed E-state index contributed by atoms with van der Waals surface area (Å²) in [5.74, 6) is -2.40. The summed E-state index contributed by atoms with van der Waals surface area (Å²) in [6, 6.07) is 21.4. The second kappa shape index (κ2) is 8.95. The number of methoxy groups -OCH3 is 1. The van der Waals surface area contributed by atoms with Gasteiger partial charge in [0.05, 0.1) is 17.6 Å². The van der Waals surface area contributed by atoms with Gasteiger partial charge in [0.25, 0.3) is 17.5 Å². The average molecular weight is 482 g/mol. The molecule has 9 heteroatoms. The lowest BCUT2D eigenvalue weighted by atomic mass is 10.0. The summed E-state index contributed by atoms with van der Waals surface area (Å²) in [5.41, 5.74) is -0.0856. The highest BCUT2D eigenvalue weighted by Crippen LogP contribution is 2.44. The third kappa shape index (κ3) is 3.63. The number of amides is 2. The molecule has 0 saturated carbocycles. The first-order valence-electron chi connectivity index (χ1n) is 10.9. The van der Waals surface area contributed by atoms with E-state index in [9.17, 15) is 24.5 Å². The van der Waals surface area contributed by atoms with Crippen LogP contribution in [-0.4, -0.2) is 29.8 Å². The number of nitro groups is 1. The van der Waals surface area contributed by atoms with Crippen molar-refractivity contribution in [2.24, 2.45) is 0 Å². The number of benzene rings is 4. The van der Waals surface area contributed by atoms with Crippen LogP contribution in [-0.2, 0) is 11.3 Å². The number of nitrogens with zero attached hydrogens (tertiary/aromatic N) is 2. The number of esters is 1. The van der Waals surface area contributed by atoms with E-state index in [0.29, 0.717) is 10.8 Å². The molecule has 0 unspecified atom stereocenters. The minimum atomic E-state index is -0.874. The highest BCUT2D eigenvalue weighted by atomic mass is 16.6. The van der Waals surface area contributed by atoms with Crippen molar-refractivity contribution in [1.82, 2.24) is 0 Å². The van der Waals surface area contributed by atoms with Gasteiger partial charge in [0.2, 0.25) is 0 Å². The summed E-state index contributed by atoms with van der Waals surface area (Å²) in [4.78, 5) is 51.7. The molecular formula is C27H18N2O7. The number of hydrogen-bond donors (Lipinski definition) is 0. The van der Waals surface area contributed by atoms with Gasteiger partial charge in [0, 0.05) is 11.5 Å². The van der Waals surface area contributed by atoms with Crippen LogP contribution < -0.4 is 9.64 Å². The smallest absolute Gasteiger partial charge is 0.342 e. The summed E-state index contributed by atoms with van der Waals surface area (Å²) < 4.78 is 11.1. The fraction of sp³-hybridized carbons (Fsp3) is 0.0741. The number of anilines is 1. The number of rotatable bonds is 6. The molecule has 0 aromatic heterocycles. The quantitative estimate of drug-likeness (QED) is 0.166. The van der Waals surface area contributed by atoms with Crippen molar-refractivity contribution < 1.29 is 28.8 Å². The fourth-order valence-electron chi connectivity index (χ4n) is 4.31. The van der Waals surface area contributed by atoms with Gasteiger partial charge < -0.3 is 9.47 Å². The third-order valence-electron chi connectivity index (χ3n) is 5.93. The molecule has 0 radical (unpaired) electrons. The van der Waals surface area contributed by atoms with Crippen molar-refractivity contribution in [3.63, 3.8) is 0 Å². The van der Waals surface area contributed by atoms with Gasteiger partial charge >= 0.3 is 5.97 Å². The standard InChI is InChI=1S/C27H18N2O7/c1-35-24-20(27(32)36-15-16-8-3-2-4-9-16)14-17-10-5-6-11-18(17)23(24)28-25(30)19-12-7-13-21(29(33)34)22(19)26(28)31/h2-14H,15H2,1H3. The Kier molecular flexibility index (Phi) is 5.65. The van der Waals surface area contributed by atoms with E-state index < -0.39 is 28.4 Å². The molecule has 1 aliphatic heterocycles. The van der Waals surface area contributed by atoms with Crippen molar-refractivity contribution in [2.45, 2.75) is 6.61 Å². The number of ether oxygens (including phenoxy) is 2. The van der Waals surface area contributed by atoms with Gasteiger partial charge in [-0.05, 0) is 23.1 Å². The van der Waals surface area contributed by atoms with Crippen molar-refractivity contribution in [3.8, 4) is 5.75 Å². The van der Waals surface area contributed by atoms with Crippen LogP contribution in [0.15, 0.2) is 78.9 Å². The maximum Gasteiger partial charge on any atom is 0.342 e. The average Bonchev–Trinajstić information content (AvgIpc) is 3.16. The lowest BCUT2D eigenvalue weighted by Crippen LogP contribution is -2.30. The normalized spacial score (nSPS) is 12.5. The van der Waals surface area contributed by atoms with Crippen LogP contribution >= 0.6 is 0 Å². The highest BCUT2D eigenvalue weighted by molar-refractivity contribution is 6.38. The lowest BCUT2D eigenvalue weighted by molar-refractivity contribution is -0.385. The Hall–Kier alpha value is -5.05. The Morgan fingerprint density at radius 1 is 0.944 bits per heavy atom. The third-order valence-corrected chi connectivity index (χ3v) is 5.93. The molecule has 0 fully saturated rings. The number of nitro benzene ring substituents is 1. The molecular weight excluding hydrogens is 464 g/mol. The van der Waals surface area contributed by atoms with Gasteiger partial charge in [0.15, 0.2) is 5.75 Å². The summed E-state index contributed by atoms with van der Waals surface area (Å²) in [7, 11) is 1.31. The first-order valence-corrected chi connectivity index (χ1v) is 10.9. The van der Waals surface area contributed by atoms with E-state index in [-0.39, 0.29) is 34.7 Å². The Balaban J connectivity index is 1.66. The van der Waals surface area contributed by atoms with E-state index in [0.717, 1.165) is 10.5 Å². The van der Waals surface area contributed by atoms with E-state index in [1.165, 1.54) is 25.3 Å². The van der Waals surface area contributed by atoms with Crippen LogP contribution in [0, 0.1) is 10.1 Å². The monoisotopic (exact) mass is 482 g/mol. The molecule has 0 saturated heterocycles. The van der Waals surface area contributed by atoms with Crippen LogP contribution in [0.1, 0.15) is 36.6 Å². The molecule has 2 amide bonds. The SMILES string of the molecule is COc1c(C(=O)OCc2ccccc2)cc2ccccc2c1N1C(=O)c2cccc([N+](=O)[O-])c2C1=O. The zero-order chi connectivity index (χ0) is 25.4. The molecule has 4 aromatic carbocycles. The van der Waals surface area contributed by atoms with Crippen LogP contribution in [0.3, 0.4) is 0 Å². The fourth-order valence-corrected chi connectivity index (χ4v) is 4.31. The van der Waals surface area contributed by atoms with Gasteiger partial charge in [-0.3, -0.25) is 19.7 Å². The zero-order valence-corrected chi connectivity index (χ0v) is 19.0. The Labute approximate surface area is 204 Å². The van der Waals surface area contributed by atoms with E-state index >= 15 is 0 Å². The topological polar surface area (TPSA) is 116 Å². The molecule has 0 atom stereocenters. The van der Waals surface area contributed by atoms with Crippen LogP contribution in [0.25, 0.3) is 10.8 Å². The van der Waals surface area contributed by atoms with Crippen molar-refractivity contribution >= 4 is 39.9 Å². The van der Waals surface area contributed by atoms with Crippen molar-refractivity contribution in [2.75, 3.05) is 12.0 Å². The predicted molar refractivity (Wildman–Crippen MR) is 130 cm³/mol. The van der Waals surface area contributed by atoms with Crippen molar-refractivity contribution in [3.05, 3.63) is 111 Å². The maximum absolute atomic E-state index is 13.5. The summed E-state index contributed by atoms with van der Waals surface area (Å²) in [6.07, 6.45) is 0. The van der Waals surface area contributed by atoms with Crippen LogP contribution in [0.4, 0.5) is 11.4 Å². The van der Waals surface area contributed by atoms with E-state index in [2.05, 4.69) is 0 Å². The zero-order valence-electron chi connectivity index (χ0n) is 19.0. The first-order chi connectivity index (χ1) is 17.4. The van der Waals surface area contributed by atoms with Gasteiger partial charge in [-0.25, -0.2) is 9.69 Å². The highest BCUT2D eigenvalue weighted by Gasteiger charge is 2.44. The molecule has 4 aromatic rings. The van der Waals surface area contributed by atoms with Crippen molar-refractivity contribution in [1.29, 1.82) is 0 Å². The molecule has 36 heavy (non-hydrogen) atoms. The number of hydrogen-bond acceptors (Lipinski definition) is 7. The molecule has 0 N–H and O–H groups in total. The molecule has 5 rings (SSSR count). The lowest BCUT2D eigenvalue weighted by Gasteiger charge is -2.22. The number of carbonyl (C=O) groups is 3. The minimum Gasteiger partial charge on any atom is -0.494 e. The molecule has 1 aliphatic rings. The molecule has 178 valence electrons. The van der Waals surface area contributed by atoms with Gasteiger partial charge in [-0.2, -0.15) is 0 Å². The molecule has 0 spiro atoms. The second-order valence-corrected chi connectivity index (χ2v) is 7.99. The van der Waals surface area contributed by atoms with Crippen LogP contribution in [0.2, 0.25) is 0 Å². The Morgan fingerprint density at radius 2 is 1.67 bits per heavy atom. The Morgan fingerprint density at radius 3 is 2.39 bits per heavy atom. The Bertz CT molecular complexity index is 1560. The van der Waals surface area contributed by atoms with E-state index in [1.54, 1.807) is 30.3 Å². The van der Waals surface area contributed by atoms with Crippen LogP contribution in [0.5, 0.6) is 5.75 Å². The molecule has 0 bridgehead atoms. The first kappa shape index (κ1) is 22.7. The number of fused-ring (bicyclic) bond motifs is 2. The minimum absolute atomic E-state index is 0.00417. The molecule has 9 nitrogen and oxygen atoms in total. The van der Waals surface area contributed by atoms with Gasteiger partial charge in [-0.1, -0.05) is 60.7 Å².